The fraction of sp³-hybridized carbons (Fsp3) is 0.364. The van der Waals surface area contributed by atoms with Gasteiger partial charge in [-0.1, -0.05) is 0 Å². The zero-order chi connectivity index (χ0) is 13.7. The molecule has 1 aromatic heterocycles. The van der Waals surface area contributed by atoms with E-state index in [1.54, 1.807) is 23.9 Å². The van der Waals surface area contributed by atoms with Crippen molar-refractivity contribution >= 4 is 23.3 Å². The number of nitrogens with two attached hydrogens (primary N) is 1. The lowest BCUT2D eigenvalue weighted by Crippen LogP contribution is -2.28. The Morgan fingerprint density at radius 3 is 2.72 bits per heavy atom. The Kier molecular flexibility index (Phi) is 4.47. The Morgan fingerprint density at radius 1 is 1.50 bits per heavy atom. The molecule has 0 fully saturated rings. The molecular weight excluding hydrogens is 234 g/mol. The Labute approximate surface area is 105 Å². The van der Waals surface area contributed by atoms with Crippen molar-refractivity contribution in [3.05, 3.63) is 18.0 Å². The van der Waals surface area contributed by atoms with E-state index in [1.807, 2.05) is 0 Å². The smallest absolute Gasteiger partial charge is 0.267 e. The van der Waals surface area contributed by atoms with Crippen molar-refractivity contribution in [3.63, 3.8) is 0 Å². The van der Waals surface area contributed by atoms with Gasteiger partial charge < -0.3 is 20.9 Å². The number of carbonyl (C=O) groups is 2. The summed E-state index contributed by atoms with van der Waals surface area (Å²) in [6.07, 6.45) is 1.97. The van der Waals surface area contributed by atoms with Crippen molar-refractivity contribution in [2.75, 3.05) is 11.9 Å². The Morgan fingerprint density at radius 2 is 2.17 bits per heavy atom. The van der Waals surface area contributed by atoms with E-state index >= 15 is 0 Å². The molecule has 7 nitrogen and oxygen atoms in total. The van der Waals surface area contributed by atoms with Crippen LogP contribution in [0.15, 0.2) is 12.3 Å². The van der Waals surface area contributed by atoms with Gasteiger partial charge in [0.15, 0.2) is 0 Å². The number of nitrogens with zero attached hydrogens (tertiary/aromatic N) is 1. The Bertz CT molecular complexity index is 478. The van der Waals surface area contributed by atoms with Gasteiger partial charge in [-0.15, -0.1) is 0 Å². The Balaban J connectivity index is 2.65. The lowest BCUT2D eigenvalue weighted by molar-refractivity contribution is -0.114. The van der Waals surface area contributed by atoms with Crippen molar-refractivity contribution in [2.24, 2.45) is 12.8 Å². The number of hydrogen-bond acceptors (Lipinski definition) is 3. The lowest BCUT2D eigenvalue weighted by Gasteiger charge is -2.04. The highest BCUT2D eigenvalue weighted by molar-refractivity contribution is 5.96. The molecule has 1 heterocycles. The number of carbonyl (C=O) groups excluding carboxylic acids is 2. The fourth-order valence-electron chi connectivity index (χ4n) is 1.46. The van der Waals surface area contributed by atoms with Crippen molar-refractivity contribution in [1.29, 1.82) is 5.41 Å². The van der Waals surface area contributed by atoms with Gasteiger partial charge in [-0.2, -0.15) is 0 Å². The van der Waals surface area contributed by atoms with Gasteiger partial charge in [0.2, 0.25) is 5.91 Å². The highest BCUT2D eigenvalue weighted by Crippen LogP contribution is 2.12. The van der Waals surface area contributed by atoms with Gasteiger partial charge in [-0.25, -0.2) is 0 Å². The van der Waals surface area contributed by atoms with Crippen molar-refractivity contribution in [2.45, 2.75) is 13.3 Å². The molecule has 18 heavy (non-hydrogen) atoms. The minimum Gasteiger partial charge on any atom is -0.388 e. The highest BCUT2D eigenvalue weighted by Gasteiger charge is 2.11. The molecule has 0 unspecified atom stereocenters. The van der Waals surface area contributed by atoms with E-state index in [4.69, 9.17) is 11.1 Å². The number of amides is 2. The summed E-state index contributed by atoms with van der Waals surface area (Å²) in [5, 5.41) is 12.3. The van der Waals surface area contributed by atoms with Crippen LogP contribution in [0.1, 0.15) is 23.8 Å². The van der Waals surface area contributed by atoms with Crippen LogP contribution in [-0.2, 0) is 11.8 Å². The number of aromatic nitrogens is 1. The second kappa shape index (κ2) is 5.85. The minimum absolute atomic E-state index is 0.0288. The van der Waals surface area contributed by atoms with Gasteiger partial charge in [-0.3, -0.25) is 15.0 Å². The maximum absolute atomic E-state index is 11.8. The summed E-state index contributed by atoms with van der Waals surface area (Å²) in [6.45, 7) is 1.72. The standard InChI is InChI=1S/C11H17N5O2/c1-7(17)15-8-5-9(16(2)6-8)11(18)14-4-3-10(12)13/h5-6H,3-4H2,1-2H3,(H3,12,13)(H,14,18)(H,15,17). The summed E-state index contributed by atoms with van der Waals surface area (Å²) in [5.74, 6) is -0.430. The van der Waals surface area contributed by atoms with Crippen LogP contribution in [0, 0.1) is 5.41 Å². The number of amidine groups is 1. The maximum atomic E-state index is 11.8. The van der Waals surface area contributed by atoms with Crippen LogP contribution in [0.4, 0.5) is 5.69 Å². The van der Waals surface area contributed by atoms with Crippen molar-refractivity contribution in [3.8, 4) is 0 Å². The van der Waals surface area contributed by atoms with E-state index in [0.29, 0.717) is 24.3 Å². The number of hydrogen-bond donors (Lipinski definition) is 4. The van der Waals surface area contributed by atoms with E-state index in [-0.39, 0.29) is 17.6 Å². The normalized spacial score (nSPS) is 9.89. The van der Waals surface area contributed by atoms with Crippen LogP contribution in [-0.4, -0.2) is 28.8 Å². The third-order valence-corrected chi connectivity index (χ3v) is 2.24. The average molecular weight is 251 g/mol. The molecule has 98 valence electrons. The molecule has 1 rings (SSSR count). The predicted molar refractivity (Wildman–Crippen MR) is 68.6 cm³/mol. The van der Waals surface area contributed by atoms with Crippen LogP contribution < -0.4 is 16.4 Å². The van der Waals surface area contributed by atoms with Gasteiger partial charge >= 0.3 is 0 Å². The summed E-state index contributed by atoms with van der Waals surface area (Å²) in [5.41, 5.74) is 6.19. The largest absolute Gasteiger partial charge is 0.388 e. The minimum atomic E-state index is -0.268. The van der Waals surface area contributed by atoms with Crippen LogP contribution in [0.5, 0.6) is 0 Å². The van der Waals surface area contributed by atoms with E-state index in [1.165, 1.54) is 6.92 Å². The topological polar surface area (TPSA) is 113 Å². The van der Waals surface area contributed by atoms with Gasteiger partial charge in [0, 0.05) is 33.1 Å². The fourth-order valence-corrected chi connectivity index (χ4v) is 1.46. The zero-order valence-corrected chi connectivity index (χ0v) is 10.4. The first kappa shape index (κ1) is 13.8. The molecule has 0 aliphatic rings. The third-order valence-electron chi connectivity index (χ3n) is 2.24. The van der Waals surface area contributed by atoms with Crippen LogP contribution in [0.2, 0.25) is 0 Å². The number of rotatable bonds is 5. The molecule has 0 aliphatic heterocycles. The molecule has 0 saturated carbocycles. The SMILES string of the molecule is CC(=O)Nc1cc(C(=O)NCCC(=N)N)n(C)c1. The van der Waals surface area contributed by atoms with Crippen LogP contribution in [0.3, 0.4) is 0 Å². The van der Waals surface area contributed by atoms with E-state index in [2.05, 4.69) is 10.6 Å². The van der Waals surface area contributed by atoms with Gasteiger partial charge in [0.05, 0.1) is 11.5 Å². The number of aryl methyl sites for hydroxylation is 1. The summed E-state index contributed by atoms with van der Waals surface area (Å²) >= 11 is 0. The predicted octanol–water partition coefficient (Wildman–Crippen LogP) is 0.0394. The zero-order valence-electron chi connectivity index (χ0n) is 10.4. The summed E-state index contributed by atoms with van der Waals surface area (Å²) in [4.78, 5) is 22.7. The van der Waals surface area contributed by atoms with Gasteiger partial charge in [0.25, 0.3) is 5.91 Å². The molecule has 0 spiro atoms. The molecule has 0 radical (unpaired) electrons. The number of anilines is 1. The van der Waals surface area contributed by atoms with E-state index < -0.39 is 0 Å². The highest BCUT2D eigenvalue weighted by atomic mass is 16.2. The van der Waals surface area contributed by atoms with Gasteiger partial charge in [-0.05, 0) is 6.07 Å². The molecule has 0 bridgehead atoms. The summed E-state index contributed by atoms with van der Waals surface area (Å²) < 4.78 is 1.62. The van der Waals surface area contributed by atoms with Crippen LogP contribution >= 0.6 is 0 Å². The molecule has 0 atom stereocenters. The molecule has 0 saturated heterocycles. The molecule has 1 aromatic rings. The first-order valence-corrected chi connectivity index (χ1v) is 5.45. The number of nitrogens with one attached hydrogen (secondary N) is 3. The third kappa shape index (κ3) is 3.93. The Hall–Kier alpha value is -2.31. The van der Waals surface area contributed by atoms with Crippen molar-refractivity contribution in [1.82, 2.24) is 9.88 Å². The van der Waals surface area contributed by atoms with E-state index in [0.717, 1.165) is 0 Å². The second-order valence-corrected chi connectivity index (χ2v) is 3.94. The first-order chi connectivity index (χ1) is 8.40. The molecule has 5 N–H and O–H groups in total. The molecule has 2 amide bonds. The summed E-state index contributed by atoms with van der Waals surface area (Å²) in [7, 11) is 1.71. The molecule has 7 heteroatoms. The first-order valence-electron chi connectivity index (χ1n) is 5.45. The summed E-state index contributed by atoms with van der Waals surface area (Å²) in [6, 6.07) is 1.59. The average Bonchev–Trinajstić information content (AvgIpc) is 2.57. The molecule has 0 aromatic carbocycles. The van der Waals surface area contributed by atoms with Crippen molar-refractivity contribution < 1.29 is 9.59 Å². The van der Waals surface area contributed by atoms with Gasteiger partial charge in [0.1, 0.15) is 5.69 Å². The molecule has 0 aliphatic carbocycles. The molecular formula is C11H17N5O2. The quantitative estimate of drug-likeness (QED) is 0.437. The van der Waals surface area contributed by atoms with Crippen LogP contribution in [0.25, 0.3) is 0 Å². The maximum Gasteiger partial charge on any atom is 0.267 e. The monoisotopic (exact) mass is 251 g/mol. The lowest BCUT2D eigenvalue weighted by atomic mass is 10.3. The second-order valence-electron chi connectivity index (χ2n) is 3.94. The van der Waals surface area contributed by atoms with E-state index in [9.17, 15) is 9.59 Å².